The monoisotopic (exact) mass is 151 g/mol. The Morgan fingerprint density at radius 1 is 1.40 bits per heavy atom. The molecule has 0 amide bonds. The van der Waals surface area contributed by atoms with E-state index in [1.807, 2.05) is 0 Å². The van der Waals surface area contributed by atoms with Crippen LogP contribution in [0, 0.1) is 0 Å². The predicted octanol–water partition coefficient (Wildman–Crippen LogP) is -0.721. The van der Waals surface area contributed by atoms with E-state index >= 15 is 0 Å². The lowest BCUT2D eigenvalue weighted by atomic mass is 10.8. The molecule has 0 aliphatic carbocycles. The smallest absolute Gasteiger partial charge is 0.499 e. The molecule has 0 rings (SSSR count). The highest BCUT2D eigenvalue weighted by Gasteiger charge is 1.88. The number of carbonyl (C=O) groups is 1. The normalized spacial score (nSPS) is 9.30. The van der Waals surface area contributed by atoms with E-state index in [-0.39, 0.29) is 0 Å². The fourth-order valence-electron chi connectivity index (χ4n) is 0. The summed E-state index contributed by atoms with van der Waals surface area (Å²) in [6, 6.07) is 0. The fraction of sp³-hybridized carbons (Fsp3) is 0.800. The van der Waals surface area contributed by atoms with Crippen molar-refractivity contribution in [1.82, 2.24) is 0 Å². The van der Waals surface area contributed by atoms with Gasteiger partial charge in [0.25, 0.3) is 0 Å². The van der Waals surface area contributed by atoms with E-state index in [1.165, 1.54) is 0 Å². The van der Waals surface area contributed by atoms with Gasteiger partial charge in [-0.05, 0) is 0 Å². The summed E-state index contributed by atoms with van der Waals surface area (Å²) in [5.74, 6) is 0. The van der Waals surface area contributed by atoms with E-state index in [4.69, 9.17) is 15.2 Å². The number of hydrogen-bond donors (Lipinski definition) is 1. The zero-order valence-corrected chi connectivity index (χ0v) is 6.62. The molecule has 0 aliphatic rings. The zero-order valence-electron chi connectivity index (χ0n) is 6.62. The first kappa shape index (κ1) is 11.9. The van der Waals surface area contributed by atoms with Crippen LogP contribution in [0.2, 0.25) is 0 Å². The third-order valence-corrected chi connectivity index (χ3v) is 0.0713. The number of rotatable bonds is 0. The first-order chi connectivity index (χ1) is 4.27. The molecule has 0 radical (unpaired) electrons. The minimum atomic E-state index is -1.80. The summed E-state index contributed by atoms with van der Waals surface area (Å²) in [7, 11) is 8.50. The minimum absolute atomic E-state index is 1.00. The molecule has 0 aromatic rings. The van der Waals surface area contributed by atoms with E-state index in [1.54, 1.807) is 0 Å². The SMILES string of the molecule is C[N+](C)(C)C.O=C(O)O[O-]. The van der Waals surface area contributed by atoms with Crippen LogP contribution in [-0.4, -0.2) is 43.9 Å². The first-order valence-corrected chi connectivity index (χ1v) is 2.59. The minimum Gasteiger partial charge on any atom is -0.659 e. The van der Waals surface area contributed by atoms with Gasteiger partial charge in [-0.15, -0.1) is 0 Å². The van der Waals surface area contributed by atoms with Crippen molar-refractivity contribution in [2.24, 2.45) is 0 Å². The molecule has 0 aliphatic heterocycles. The zero-order chi connectivity index (χ0) is 8.78. The fourth-order valence-corrected chi connectivity index (χ4v) is 0. The van der Waals surface area contributed by atoms with Crippen LogP contribution in [-0.2, 0) is 4.89 Å². The Kier molecular flexibility index (Phi) is 5.98. The van der Waals surface area contributed by atoms with E-state index in [0.717, 1.165) is 4.48 Å². The molecule has 0 saturated carbocycles. The van der Waals surface area contributed by atoms with Gasteiger partial charge in [-0.25, -0.2) is 4.79 Å². The standard InChI is InChI=1S/C4H12N.CH2O4/c1-5(2,3)4;2-1(3)5-4/h1-4H3;4H,(H,2,3)/q+1;/p-1. The first-order valence-electron chi connectivity index (χ1n) is 2.59. The second kappa shape index (κ2) is 5.01. The van der Waals surface area contributed by atoms with Crippen LogP contribution >= 0.6 is 0 Å². The topological polar surface area (TPSA) is 69.6 Å². The predicted molar refractivity (Wildman–Crippen MR) is 33.1 cm³/mol. The van der Waals surface area contributed by atoms with Crippen LogP contribution in [0.1, 0.15) is 0 Å². The van der Waals surface area contributed by atoms with Crippen molar-refractivity contribution in [2.75, 3.05) is 28.2 Å². The molecule has 0 aromatic carbocycles. The van der Waals surface area contributed by atoms with Crippen LogP contribution in [0.5, 0.6) is 0 Å². The summed E-state index contributed by atoms with van der Waals surface area (Å²) in [5, 5.41) is 15.7. The van der Waals surface area contributed by atoms with Crippen molar-refractivity contribution in [3.05, 3.63) is 0 Å². The van der Waals surface area contributed by atoms with Gasteiger partial charge in [0.2, 0.25) is 0 Å². The average Bonchev–Trinajstić information content (AvgIpc) is 1.61. The average molecular weight is 151 g/mol. The molecule has 0 saturated heterocycles. The molecule has 0 unspecified atom stereocenters. The molecule has 0 aromatic heterocycles. The Hall–Kier alpha value is -0.810. The lowest BCUT2D eigenvalue weighted by molar-refractivity contribution is -0.849. The number of quaternary nitrogens is 1. The van der Waals surface area contributed by atoms with Gasteiger partial charge in [-0.3, -0.25) is 0 Å². The summed E-state index contributed by atoms with van der Waals surface area (Å²) in [6.45, 7) is 0. The van der Waals surface area contributed by atoms with Gasteiger partial charge in [0, 0.05) is 0 Å². The van der Waals surface area contributed by atoms with E-state index in [2.05, 4.69) is 33.1 Å². The highest BCUT2D eigenvalue weighted by molar-refractivity contribution is 5.55. The maximum atomic E-state index is 8.83. The Balaban J connectivity index is 0. The quantitative estimate of drug-likeness (QED) is 0.282. The molecule has 5 nitrogen and oxygen atoms in total. The van der Waals surface area contributed by atoms with Crippen LogP contribution in [0.4, 0.5) is 4.79 Å². The molecular weight excluding hydrogens is 138 g/mol. The largest absolute Gasteiger partial charge is 0.659 e. The molecular formula is C5H13NO4. The second-order valence-corrected chi connectivity index (χ2v) is 3.03. The van der Waals surface area contributed by atoms with Crippen molar-refractivity contribution < 1.29 is 24.5 Å². The van der Waals surface area contributed by atoms with Crippen molar-refractivity contribution >= 4 is 6.16 Å². The summed E-state index contributed by atoms with van der Waals surface area (Å²) < 4.78 is 1.00. The molecule has 0 bridgehead atoms. The Morgan fingerprint density at radius 3 is 1.50 bits per heavy atom. The molecule has 1 N–H and O–H groups in total. The van der Waals surface area contributed by atoms with Crippen molar-refractivity contribution in [3.63, 3.8) is 0 Å². The van der Waals surface area contributed by atoms with Gasteiger partial charge in [0.15, 0.2) is 0 Å². The van der Waals surface area contributed by atoms with Gasteiger partial charge in [-0.1, -0.05) is 0 Å². The van der Waals surface area contributed by atoms with Crippen LogP contribution < -0.4 is 5.26 Å². The Bertz CT molecular complexity index is 90.3. The van der Waals surface area contributed by atoms with Gasteiger partial charge < -0.3 is 19.7 Å². The van der Waals surface area contributed by atoms with E-state index in [0.29, 0.717) is 0 Å². The van der Waals surface area contributed by atoms with Crippen LogP contribution in [0.15, 0.2) is 0 Å². The molecule has 0 spiro atoms. The van der Waals surface area contributed by atoms with Crippen molar-refractivity contribution in [3.8, 4) is 0 Å². The highest BCUT2D eigenvalue weighted by Crippen LogP contribution is 1.73. The van der Waals surface area contributed by atoms with Crippen LogP contribution in [0.25, 0.3) is 0 Å². The molecule has 5 heteroatoms. The number of hydrogen-bond acceptors (Lipinski definition) is 3. The van der Waals surface area contributed by atoms with Gasteiger partial charge in [0.1, 0.15) is 0 Å². The van der Waals surface area contributed by atoms with Gasteiger partial charge in [0.05, 0.1) is 28.2 Å². The van der Waals surface area contributed by atoms with Crippen molar-refractivity contribution in [2.45, 2.75) is 0 Å². The number of nitrogens with zero attached hydrogens (tertiary/aromatic N) is 1. The molecule has 10 heavy (non-hydrogen) atoms. The molecule has 0 atom stereocenters. The van der Waals surface area contributed by atoms with Gasteiger partial charge >= 0.3 is 6.16 Å². The number of carboxylic acid groups (broad SMARTS) is 1. The summed E-state index contributed by atoms with van der Waals surface area (Å²) in [6.07, 6.45) is -1.80. The summed E-state index contributed by atoms with van der Waals surface area (Å²) in [4.78, 5) is 11.2. The van der Waals surface area contributed by atoms with Crippen LogP contribution in [0.3, 0.4) is 0 Å². The molecule has 62 valence electrons. The lowest BCUT2D eigenvalue weighted by Gasteiger charge is -2.14. The van der Waals surface area contributed by atoms with E-state index < -0.39 is 6.16 Å². The Morgan fingerprint density at radius 2 is 1.50 bits per heavy atom. The molecule has 0 fully saturated rings. The summed E-state index contributed by atoms with van der Waals surface area (Å²) in [5.41, 5.74) is 0. The van der Waals surface area contributed by atoms with E-state index in [9.17, 15) is 0 Å². The highest BCUT2D eigenvalue weighted by atomic mass is 17.1. The van der Waals surface area contributed by atoms with Gasteiger partial charge in [-0.2, -0.15) is 0 Å². The molecule has 0 heterocycles. The Labute approximate surface area is 60.0 Å². The maximum absolute atomic E-state index is 8.83. The maximum Gasteiger partial charge on any atom is 0.499 e. The lowest BCUT2D eigenvalue weighted by Crippen LogP contribution is -2.27. The summed E-state index contributed by atoms with van der Waals surface area (Å²) >= 11 is 0. The second-order valence-electron chi connectivity index (χ2n) is 3.03. The van der Waals surface area contributed by atoms with Crippen molar-refractivity contribution in [1.29, 1.82) is 0 Å². The third kappa shape index (κ3) is 195. The third-order valence-electron chi connectivity index (χ3n) is 0.0713.